The molecule has 34 heavy (non-hydrogen) atoms. The third kappa shape index (κ3) is 9.40. The summed E-state index contributed by atoms with van der Waals surface area (Å²) < 4.78 is 6.04. The Kier molecular flexibility index (Phi) is 14.2. The molecule has 0 aromatic carbocycles. The monoisotopic (exact) mass is 488 g/mol. The van der Waals surface area contributed by atoms with Gasteiger partial charge in [-0.15, -0.1) is 0 Å². The zero-order valence-corrected chi connectivity index (χ0v) is 23.2. The van der Waals surface area contributed by atoms with Crippen molar-refractivity contribution in [3.8, 4) is 0 Å². The normalized spacial score (nSPS) is 27.9. The number of esters is 1. The van der Waals surface area contributed by atoms with E-state index in [9.17, 15) is 30.0 Å². The Balaban J connectivity index is 0.00000578. The second-order valence-corrected chi connectivity index (χ2v) is 9.82. The third-order valence-electron chi connectivity index (χ3n) is 7.03. The minimum Gasteiger partial charge on any atom is -0.550 e. The van der Waals surface area contributed by atoms with Gasteiger partial charge in [-0.3, -0.25) is 4.79 Å². The number of aliphatic hydroxyl groups excluding tert-OH is 3. The van der Waals surface area contributed by atoms with Crippen LogP contribution in [0.5, 0.6) is 0 Å². The van der Waals surface area contributed by atoms with Crippen molar-refractivity contribution in [2.24, 2.45) is 23.7 Å². The summed E-state index contributed by atoms with van der Waals surface area (Å²) in [5, 5.41) is 41.2. The second kappa shape index (κ2) is 15.4. The number of fused-ring (bicyclic) bond motifs is 1. The van der Waals surface area contributed by atoms with Crippen LogP contribution >= 0.6 is 0 Å². The molecule has 7 atom stereocenters. The van der Waals surface area contributed by atoms with Crippen LogP contribution in [0.25, 0.3) is 0 Å². The number of aliphatic hydroxyl groups is 3. The first kappa shape index (κ1) is 31.3. The van der Waals surface area contributed by atoms with Crippen molar-refractivity contribution in [3.63, 3.8) is 0 Å². The summed E-state index contributed by atoms with van der Waals surface area (Å²) in [6.45, 7) is 6.20. The summed E-state index contributed by atoms with van der Waals surface area (Å²) in [7, 11) is 0. The fourth-order valence-corrected chi connectivity index (χ4v) is 5.40. The number of hydrogen-bond acceptors (Lipinski definition) is 7. The molecule has 0 saturated heterocycles. The minimum atomic E-state index is -1.34. The van der Waals surface area contributed by atoms with Gasteiger partial charge >= 0.3 is 35.5 Å². The molecule has 2 aliphatic rings. The molecule has 2 rings (SSSR count). The van der Waals surface area contributed by atoms with Gasteiger partial charge in [-0.1, -0.05) is 51.8 Å². The van der Waals surface area contributed by atoms with Crippen molar-refractivity contribution in [1.82, 2.24) is 0 Å². The summed E-state index contributed by atoms with van der Waals surface area (Å²) in [5.74, 6) is -1.45. The molecule has 2 aliphatic carbocycles. The number of allylic oxidation sites excluding steroid dienone is 2. The number of carboxylic acids is 1. The maximum Gasteiger partial charge on any atom is 1.00 e. The van der Waals surface area contributed by atoms with Crippen molar-refractivity contribution in [2.45, 2.75) is 103 Å². The van der Waals surface area contributed by atoms with E-state index < -0.39 is 36.8 Å². The van der Waals surface area contributed by atoms with Gasteiger partial charge in [0.2, 0.25) is 0 Å². The molecule has 0 amide bonds. The molecular weight excluding hydrogens is 447 g/mol. The zero-order valence-electron chi connectivity index (χ0n) is 21.2. The van der Waals surface area contributed by atoms with Crippen LogP contribution in [0.1, 0.15) is 78.6 Å². The maximum absolute atomic E-state index is 13.0. The minimum absolute atomic E-state index is 0. The Labute approximate surface area is 225 Å². The van der Waals surface area contributed by atoms with Gasteiger partial charge < -0.3 is 30.0 Å². The third-order valence-corrected chi connectivity index (χ3v) is 7.03. The first-order valence-corrected chi connectivity index (χ1v) is 12.5. The molecule has 3 N–H and O–H groups in total. The van der Waals surface area contributed by atoms with Crippen LogP contribution in [-0.2, 0) is 14.3 Å². The molecule has 0 aromatic heterocycles. The molecule has 1 unspecified atom stereocenters. The van der Waals surface area contributed by atoms with Gasteiger partial charge in [-0.25, -0.2) is 0 Å². The van der Waals surface area contributed by atoms with Crippen LogP contribution in [-0.4, -0.2) is 51.7 Å². The molecule has 0 aromatic rings. The number of hydrogen-bond donors (Lipinski definition) is 3. The van der Waals surface area contributed by atoms with Crippen LogP contribution in [0.4, 0.5) is 0 Å². The molecule has 0 fully saturated rings. The van der Waals surface area contributed by atoms with E-state index in [-0.39, 0.29) is 65.6 Å². The Morgan fingerprint density at radius 2 is 1.79 bits per heavy atom. The van der Waals surface area contributed by atoms with E-state index in [1.54, 1.807) is 0 Å². The molecule has 0 saturated carbocycles. The van der Waals surface area contributed by atoms with Gasteiger partial charge in [0.05, 0.1) is 24.2 Å². The van der Waals surface area contributed by atoms with Crippen LogP contribution in [0.2, 0.25) is 0 Å². The standard InChI is InChI=1S/C26H42O7.Na/c1-4-6-17(7-5-2)26(32)33-23-14-20(28)12-18-9-8-16(3)22(25(18)23)11-10-19(27)13-21(29)15-24(30)31;/h8-9,12,16-17,19-23,25,27-29H,4-7,10-11,13-15H2,1-3H3,(H,30,31);/q;+1/p-1/t16-,19?,20+,21+,22-,23-,25-;/m0./s1. The smallest absolute Gasteiger partial charge is 0.550 e. The van der Waals surface area contributed by atoms with Crippen molar-refractivity contribution in [1.29, 1.82) is 0 Å². The predicted molar refractivity (Wildman–Crippen MR) is 123 cm³/mol. The van der Waals surface area contributed by atoms with Crippen molar-refractivity contribution in [2.75, 3.05) is 0 Å². The van der Waals surface area contributed by atoms with E-state index in [0.29, 0.717) is 19.3 Å². The molecule has 7 nitrogen and oxygen atoms in total. The first-order chi connectivity index (χ1) is 15.7. The SMILES string of the molecule is CCCC(CCC)C(=O)O[C@H]1C[C@H](O)C=C2C=C[C@H](C)[C@H](CCC(O)C[C@@H](O)CC(=O)[O-])[C@H]21.[Na+]. The largest absolute Gasteiger partial charge is 1.00 e. The van der Waals surface area contributed by atoms with Crippen LogP contribution in [0, 0.1) is 23.7 Å². The Hall–Kier alpha value is -0.700. The molecule has 0 heterocycles. The molecule has 8 heteroatoms. The van der Waals surface area contributed by atoms with Crippen LogP contribution < -0.4 is 34.7 Å². The first-order valence-electron chi connectivity index (χ1n) is 12.5. The van der Waals surface area contributed by atoms with Crippen LogP contribution in [0.3, 0.4) is 0 Å². The fourth-order valence-electron chi connectivity index (χ4n) is 5.40. The second-order valence-electron chi connectivity index (χ2n) is 9.82. The average Bonchev–Trinajstić information content (AvgIpc) is 2.72. The van der Waals surface area contributed by atoms with Crippen LogP contribution in [0.15, 0.2) is 23.8 Å². The number of ether oxygens (including phenoxy) is 1. The van der Waals surface area contributed by atoms with E-state index in [1.165, 1.54) is 0 Å². The fraction of sp³-hybridized carbons (Fsp3) is 0.769. The molecule has 0 radical (unpaired) electrons. The van der Waals surface area contributed by atoms with Gasteiger partial charge in [0, 0.05) is 24.7 Å². The predicted octanol–water partition coefficient (Wildman–Crippen LogP) is -0.720. The van der Waals surface area contributed by atoms with Crippen molar-refractivity contribution >= 4 is 11.9 Å². The van der Waals surface area contributed by atoms with E-state index in [1.807, 2.05) is 12.2 Å². The van der Waals surface area contributed by atoms with E-state index >= 15 is 0 Å². The van der Waals surface area contributed by atoms with Gasteiger partial charge in [0.1, 0.15) is 6.10 Å². The molecule has 0 bridgehead atoms. The molecule has 188 valence electrons. The summed E-state index contributed by atoms with van der Waals surface area (Å²) in [5.41, 5.74) is 0.962. The average molecular weight is 489 g/mol. The Morgan fingerprint density at radius 1 is 1.15 bits per heavy atom. The summed E-state index contributed by atoms with van der Waals surface area (Å²) in [4.78, 5) is 23.6. The maximum atomic E-state index is 13.0. The number of carboxylic acid groups (broad SMARTS) is 1. The summed E-state index contributed by atoms with van der Waals surface area (Å²) in [6, 6.07) is 0. The zero-order chi connectivity index (χ0) is 24.5. The number of carbonyl (C=O) groups excluding carboxylic acids is 2. The van der Waals surface area contributed by atoms with Gasteiger partial charge in [0.25, 0.3) is 0 Å². The van der Waals surface area contributed by atoms with Crippen molar-refractivity contribution in [3.05, 3.63) is 23.8 Å². The van der Waals surface area contributed by atoms with E-state index in [2.05, 4.69) is 26.8 Å². The van der Waals surface area contributed by atoms with E-state index in [4.69, 9.17) is 4.74 Å². The number of rotatable bonds is 13. The van der Waals surface area contributed by atoms with E-state index in [0.717, 1.165) is 31.3 Å². The van der Waals surface area contributed by atoms with Gasteiger partial charge in [0.15, 0.2) is 0 Å². The van der Waals surface area contributed by atoms with Gasteiger partial charge in [-0.05, 0) is 49.5 Å². The summed E-state index contributed by atoms with van der Waals surface area (Å²) >= 11 is 0. The summed E-state index contributed by atoms with van der Waals surface area (Å²) in [6.07, 6.45) is 7.09. The molecule has 0 aliphatic heterocycles. The Bertz CT molecular complexity index is 701. The van der Waals surface area contributed by atoms with Gasteiger partial charge in [-0.2, -0.15) is 0 Å². The number of carbonyl (C=O) groups is 2. The molecule has 0 spiro atoms. The van der Waals surface area contributed by atoms with Crippen molar-refractivity contribution < 1.29 is 64.3 Å². The Morgan fingerprint density at radius 3 is 2.38 bits per heavy atom. The molecular formula is C26H41NaO7. The topological polar surface area (TPSA) is 127 Å². The number of aliphatic carboxylic acids is 1. The quantitative estimate of drug-likeness (QED) is 0.231.